The molecule has 0 amide bonds. The van der Waals surface area contributed by atoms with E-state index in [0.29, 0.717) is 24.0 Å². The zero-order valence-electron chi connectivity index (χ0n) is 11.0. The number of nitrogens with zero attached hydrogens (tertiary/aromatic N) is 2. The topological polar surface area (TPSA) is 96.5 Å². The van der Waals surface area contributed by atoms with Crippen LogP contribution in [0.25, 0.3) is 0 Å². The van der Waals surface area contributed by atoms with Crippen molar-refractivity contribution in [2.45, 2.75) is 24.2 Å². The third-order valence-corrected chi connectivity index (χ3v) is 5.81. The van der Waals surface area contributed by atoms with Crippen LogP contribution < -0.4 is 5.73 Å². The Hall–Kier alpha value is -0.700. The van der Waals surface area contributed by atoms with Crippen molar-refractivity contribution in [1.82, 2.24) is 9.29 Å². The highest BCUT2D eigenvalue weighted by Gasteiger charge is 2.31. The molecular formula is C12H18BrN3O3S. The van der Waals surface area contributed by atoms with Gasteiger partial charge < -0.3 is 10.8 Å². The Bertz CT molecular complexity index is 577. The Labute approximate surface area is 127 Å². The fourth-order valence-corrected chi connectivity index (χ4v) is 4.57. The molecule has 1 aromatic heterocycles. The molecule has 2 rings (SSSR count). The van der Waals surface area contributed by atoms with Crippen LogP contribution in [0.1, 0.15) is 19.3 Å². The van der Waals surface area contributed by atoms with Gasteiger partial charge in [0.1, 0.15) is 10.7 Å². The van der Waals surface area contributed by atoms with Crippen LogP contribution in [0.15, 0.2) is 21.6 Å². The summed E-state index contributed by atoms with van der Waals surface area (Å²) in [6.07, 6.45) is 3.83. The second-order valence-electron chi connectivity index (χ2n) is 4.92. The van der Waals surface area contributed by atoms with Crippen LogP contribution in [0.4, 0.5) is 5.82 Å². The smallest absolute Gasteiger partial charge is 0.246 e. The Morgan fingerprint density at radius 1 is 1.55 bits per heavy atom. The van der Waals surface area contributed by atoms with Crippen molar-refractivity contribution in [3.8, 4) is 0 Å². The maximum Gasteiger partial charge on any atom is 0.246 e. The molecule has 1 saturated heterocycles. The number of rotatable bonds is 4. The van der Waals surface area contributed by atoms with E-state index in [-0.39, 0.29) is 23.2 Å². The molecule has 0 spiro atoms. The molecule has 0 aliphatic carbocycles. The second-order valence-corrected chi connectivity index (χ2v) is 7.74. The maximum absolute atomic E-state index is 12.6. The van der Waals surface area contributed by atoms with Crippen molar-refractivity contribution in [2.75, 3.05) is 25.4 Å². The number of piperidine rings is 1. The molecule has 3 N–H and O–H groups in total. The first-order valence-electron chi connectivity index (χ1n) is 6.47. The summed E-state index contributed by atoms with van der Waals surface area (Å²) in [7, 11) is -3.63. The highest BCUT2D eigenvalue weighted by atomic mass is 79.9. The molecule has 0 radical (unpaired) electrons. The van der Waals surface area contributed by atoms with E-state index in [4.69, 9.17) is 10.8 Å². The van der Waals surface area contributed by atoms with E-state index in [1.165, 1.54) is 16.6 Å². The lowest BCUT2D eigenvalue weighted by Gasteiger charge is -2.31. The maximum atomic E-state index is 12.6. The predicted octanol–water partition coefficient (Wildman–Crippen LogP) is 1.21. The van der Waals surface area contributed by atoms with Gasteiger partial charge in [-0.15, -0.1) is 0 Å². The number of nitrogen functional groups attached to an aromatic ring is 1. The van der Waals surface area contributed by atoms with E-state index in [1.54, 1.807) is 0 Å². The standard InChI is InChI=1S/C12H18BrN3O3S/c13-10-6-11(12(14)15-7-10)20(18,19)16-4-1-2-9(8-16)3-5-17/h6-7,9,17H,1-5,8H2,(H2,14,15). The highest BCUT2D eigenvalue weighted by molar-refractivity contribution is 9.10. The van der Waals surface area contributed by atoms with Gasteiger partial charge in [-0.05, 0) is 47.2 Å². The number of nitrogens with two attached hydrogens (primary N) is 1. The lowest BCUT2D eigenvalue weighted by Crippen LogP contribution is -2.40. The molecule has 1 atom stereocenters. The van der Waals surface area contributed by atoms with Crippen molar-refractivity contribution < 1.29 is 13.5 Å². The normalized spacial score (nSPS) is 21.0. The van der Waals surface area contributed by atoms with Crippen LogP contribution >= 0.6 is 15.9 Å². The van der Waals surface area contributed by atoms with E-state index in [2.05, 4.69) is 20.9 Å². The Morgan fingerprint density at radius 2 is 2.30 bits per heavy atom. The first-order chi connectivity index (χ1) is 9.45. The highest BCUT2D eigenvalue weighted by Crippen LogP contribution is 2.28. The molecule has 8 heteroatoms. The Kier molecular flexibility index (Phi) is 5.00. The van der Waals surface area contributed by atoms with Gasteiger partial charge in [-0.3, -0.25) is 0 Å². The SMILES string of the molecule is Nc1ncc(Br)cc1S(=O)(=O)N1CCCC(CCO)C1. The molecule has 1 aliphatic heterocycles. The minimum Gasteiger partial charge on any atom is -0.396 e. The largest absolute Gasteiger partial charge is 0.396 e. The summed E-state index contributed by atoms with van der Waals surface area (Å²) in [5, 5.41) is 9.00. The van der Waals surface area contributed by atoms with Gasteiger partial charge in [-0.2, -0.15) is 4.31 Å². The van der Waals surface area contributed by atoms with E-state index >= 15 is 0 Å². The summed E-state index contributed by atoms with van der Waals surface area (Å²) in [6.45, 7) is 0.990. The van der Waals surface area contributed by atoms with Gasteiger partial charge in [0, 0.05) is 30.4 Å². The zero-order chi connectivity index (χ0) is 14.8. The molecule has 1 fully saturated rings. The first kappa shape index (κ1) is 15.7. The van der Waals surface area contributed by atoms with Crippen LogP contribution in [-0.4, -0.2) is 42.5 Å². The molecule has 1 aliphatic rings. The minimum absolute atomic E-state index is 0.0116. The van der Waals surface area contributed by atoms with E-state index < -0.39 is 10.0 Å². The van der Waals surface area contributed by atoms with Gasteiger partial charge in [-0.1, -0.05) is 0 Å². The lowest BCUT2D eigenvalue weighted by molar-refractivity contribution is 0.203. The second kappa shape index (κ2) is 6.38. The lowest BCUT2D eigenvalue weighted by atomic mass is 9.97. The third-order valence-electron chi connectivity index (χ3n) is 3.49. The van der Waals surface area contributed by atoms with Crippen LogP contribution in [0.5, 0.6) is 0 Å². The number of aromatic nitrogens is 1. The fourth-order valence-electron chi connectivity index (χ4n) is 2.44. The third kappa shape index (κ3) is 3.30. The molecule has 6 nitrogen and oxygen atoms in total. The molecule has 0 bridgehead atoms. The van der Waals surface area contributed by atoms with Crippen molar-refractivity contribution in [3.63, 3.8) is 0 Å². The number of halogens is 1. The van der Waals surface area contributed by atoms with E-state index in [1.807, 2.05) is 0 Å². The van der Waals surface area contributed by atoms with Crippen molar-refractivity contribution in [2.24, 2.45) is 5.92 Å². The van der Waals surface area contributed by atoms with E-state index in [9.17, 15) is 8.42 Å². The van der Waals surface area contributed by atoms with Gasteiger partial charge in [0.2, 0.25) is 10.0 Å². The molecule has 1 unspecified atom stereocenters. The Balaban J connectivity index is 2.27. The summed E-state index contributed by atoms with van der Waals surface area (Å²) in [5.74, 6) is 0.211. The average molecular weight is 364 g/mol. The monoisotopic (exact) mass is 363 g/mol. The number of aliphatic hydroxyl groups is 1. The van der Waals surface area contributed by atoms with Crippen LogP contribution in [0.3, 0.4) is 0 Å². The predicted molar refractivity (Wildman–Crippen MR) is 79.5 cm³/mol. The number of hydrogen-bond donors (Lipinski definition) is 2. The summed E-state index contributed by atoms with van der Waals surface area (Å²) in [4.78, 5) is 3.92. The van der Waals surface area contributed by atoms with Gasteiger partial charge in [0.05, 0.1) is 0 Å². The van der Waals surface area contributed by atoms with Crippen LogP contribution in [0, 0.1) is 5.92 Å². The van der Waals surface area contributed by atoms with Crippen molar-refractivity contribution in [3.05, 3.63) is 16.7 Å². The number of sulfonamides is 1. The molecule has 0 saturated carbocycles. The molecule has 0 aromatic carbocycles. The summed E-state index contributed by atoms with van der Waals surface area (Å²) >= 11 is 3.22. The molecular weight excluding hydrogens is 346 g/mol. The number of pyridine rings is 1. The van der Waals surface area contributed by atoms with Crippen LogP contribution in [-0.2, 0) is 10.0 Å². The van der Waals surface area contributed by atoms with Crippen LogP contribution in [0.2, 0.25) is 0 Å². The minimum atomic E-state index is -3.63. The molecule has 112 valence electrons. The molecule has 20 heavy (non-hydrogen) atoms. The van der Waals surface area contributed by atoms with E-state index in [0.717, 1.165) is 12.8 Å². The Morgan fingerprint density at radius 3 is 3.00 bits per heavy atom. The van der Waals surface area contributed by atoms with Gasteiger partial charge in [0.25, 0.3) is 0 Å². The van der Waals surface area contributed by atoms with Gasteiger partial charge in [-0.25, -0.2) is 13.4 Å². The average Bonchev–Trinajstić information content (AvgIpc) is 2.42. The number of aliphatic hydroxyl groups excluding tert-OH is 1. The first-order valence-corrected chi connectivity index (χ1v) is 8.70. The number of hydrogen-bond acceptors (Lipinski definition) is 5. The van der Waals surface area contributed by atoms with Crippen molar-refractivity contribution in [1.29, 1.82) is 0 Å². The summed E-state index contributed by atoms with van der Waals surface area (Å²) < 4.78 is 27.3. The van der Waals surface area contributed by atoms with Crippen molar-refractivity contribution >= 4 is 31.8 Å². The van der Waals surface area contributed by atoms with Gasteiger partial charge >= 0.3 is 0 Å². The quantitative estimate of drug-likeness (QED) is 0.837. The van der Waals surface area contributed by atoms with Gasteiger partial charge in [0.15, 0.2) is 0 Å². The number of anilines is 1. The fraction of sp³-hybridized carbons (Fsp3) is 0.583. The summed E-state index contributed by atoms with van der Waals surface area (Å²) in [6, 6.07) is 1.48. The molecule has 2 heterocycles. The zero-order valence-corrected chi connectivity index (χ0v) is 13.4. The molecule has 1 aromatic rings. The summed E-state index contributed by atoms with van der Waals surface area (Å²) in [5.41, 5.74) is 5.70.